The summed E-state index contributed by atoms with van der Waals surface area (Å²) in [5, 5.41) is 2.91. The molecule has 0 atom stereocenters. The summed E-state index contributed by atoms with van der Waals surface area (Å²) >= 11 is 0. The van der Waals surface area contributed by atoms with Gasteiger partial charge in [0.25, 0.3) is 0 Å². The number of aryl methyl sites for hydroxylation is 1. The topological polar surface area (TPSA) is 66.5 Å². The summed E-state index contributed by atoms with van der Waals surface area (Å²) in [6.07, 6.45) is 5.47. The Kier molecular flexibility index (Phi) is 3.09. The van der Waals surface area contributed by atoms with Gasteiger partial charge in [-0.2, -0.15) is 0 Å². The largest absolute Gasteiger partial charge is 0.367 e. The molecule has 0 spiro atoms. The minimum Gasteiger partial charge on any atom is -0.367 e. The Hall–Kier alpha value is -1.98. The fraction of sp³-hybridized carbons (Fsp3) is 0.300. The van der Waals surface area contributed by atoms with Crippen molar-refractivity contribution in [1.82, 2.24) is 19.9 Å². The van der Waals surface area contributed by atoms with E-state index in [0.29, 0.717) is 18.7 Å². The van der Waals surface area contributed by atoms with E-state index in [1.165, 1.54) is 6.33 Å². The van der Waals surface area contributed by atoms with Crippen LogP contribution in [0.3, 0.4) is 0 Å². The molecule has 0 amide bonds. The van der Waals surface area contributed by atoms with Crippen LogP contribution in [0.2, 0.25) is 0 Å². The third kappa shape index (κ3) is 2.33. The van der Waals surface area contributed by atoms with Crippen LogP contribution in [0.5, 0.6) is 0 Å². The molecule has 84 valence electrons. The van der Waals surface area contributed by atoms with Crippen LogP contribution in [0.1, 0.15) is 11.5 Å². The minimum absolute atomic E-state index is 0.235. The van der Waals surface area contributed by atoms with Crippen molar-refractivity contribution in [3.63, 3.8) is 0 Å². The Morgan fingerprint density at radius 1 is 1.38 bits per heavy atom. The second-order valence-electron chi connectivity index (χ2n) is 3.33. The van der Waals surface area contributed by atoms with Gasteiger partial charge in [0, 0.05) is 25.4 Å². The lowest BCUT2D eigenvalue weighted by atomic mass is 10.3. The Morgan fingerprint density at radius 2 is 2.25 bits per heavy atom. The molecule has 0 aliphatic carbocycles. The second-order valence-corrected chi connectivity index (χ2v) is 3.33. The highest BCUT2D eigenvalue weighted by molar-refractivity contribution is 5.36. The van der Waals surface area contributed by atoms with Crippen LogP contribution in [0.4, 0.5) is 10.2 Å². The number of nitrogens with one attached hydrogen (secondary N) is 2. The Morgan fingerprint density at radius 3 is 3.00 bits per heavy atom. The number of aromatic amines is 1. The first-order chi connectivity index (χ1) is 7.77. The summed E-state index contributed by atoms with van der Waals surface area (Å²) in [5.74, 6) is 0.694. The summed E-state index contributed by atoms with van der Waals surface area (Å²) in [6, 6.07) is 0. The van der Waals surface area contributed by atoms with Gasteiger partial charge in [-0.3, -0.25) is 0 Å². The van der Waals surface area contributed by atoms with Gasteiger partial charge >= 0.3 is 0 Å². The average Bonchev–Trinajstić information content (AvgIpc) is 2.77. The molecule has 2 aromatic heterocycles. The highest BCUT2D eigenvalue weighted by Crippen LogP contribution is 2.11. The van der Waals surface area contributed by atoms with E-state index in [1.54, 1.807) is 19.3 Å². The standard InChI is InChI=1S/C10H12FN5/c1-7-9(11)10(16-6-15-7)14-3-2-8-12-4-5-13-8/h4-6H,2-3H2,1H3,(H,12,13)(H,14,15,16). The summed E-state index contributed by atoms with van der Waals surface area (Å²) < 4.78 is 13.5. The first-order valence-electron chi connectivity index (χ1n) is 4.96. The van der Waals surface area contributed by atoms with E-state index < -0.39 is 5.82 Å². The molecule has 0 saturated heterocycles. The lowest BCUT2D eigenvalue weighted by molar-refractivity contribution is 0.604. The second kappa shape index (κ2) is 4.69. The number of rotatable bonds is 4. The van der Waals surface area contributed by atoms with Gasteiger partial charge in [0.05, 0.1) is 5.69 Å². The first kappa shape index (κ1) is 10.5. The third-order valence-corrected chi connectivity index (χ3v) is 2.17. The fourth-order valence-corrected chi connectivity index (χ4v) is 1.32. The molecular weight excluding hydrogens is 209 g/mol. The zero-order valence-corrected chi connectivity index (χ0v) is 8.87. The van der Waals surface area contributed by atoms with Gasteiger partial charge in [-0.25, -0.2) is 19.3 Å². The van der Waals surface area contributed by atoms with Crippen LogP contribution in [0.15, 0.2) is 18.7 Å². The maximum absolute atomic E-state index is 13.5. The molecule has 2 rings (SSSR count). The fourth-order valence-electron chi connectivity index (χ4n) is 1.32. The molecule has 2 N–H and O–H groups in total. The predicted octanol–water partition coefficient (Wildman–Crippen LogP) is 1.30. The predicted molar refractivity (Wildman–Crippen MR) is 57.5 cm³/mol. The van der Waals surface area contributed by atoms with Crippen molar-refractivity contribution < 1.29 is 4.39 Å². The van der Waals surface area contributed by atoms with E-state index in [2.05, 4.69) is 25.3 Å². The number of halogens is 1. The van der Waals surface area contributed by atoms with E-state index in [9.17, 15) is 4.39 Å². The van der Waals surface area contributed by atoms with Gasteiger partial charge in [-0.15, -0.1) is 0 Å². The molecule has 0 aromatic carbocycles. The van der Waals surface area contributed by atoms with Gasteiger partial charge in [-0.05, 0) is 6.92 Å². The van der Waals surface area contributed by atoms with E-state index in [0.717, 1.165) is 5.82 Å². The van der Waals surface area contributed by atoms with E-state index in [1.807, 2.05) is 0 Å². The molecule has 6 heteroatoms. The minimum atomic E-state index is -0.401. The Balaban J connectivity index is 1.92. The maximum atomic E-state index is 13.5. The van der Waals surface area contributed by atoms with Gasteiger partial charge in [-0.1, -0.05) is 0 Å². The molecule has 0 unspecified atom stereocenters. The Bertz CT molecular complexity index is 454. The average molecular weight is 221 g/mol. The summed E-state index contributed by atoms with van der Waals surface area (Å²) in [6.45, 7) is 2.18. The van der Waals surface area contributed by atoms with Gasteiger partial charge in [0.15, 0.2) is 11.6 Å². The van der Waals surface area contributed by atoms with Crippen molar-refractivity contribution in [2.24, 2.45) is 0 Å². The quantitative estimate of drug-likeness (QED) is 0.816. The van der Waals surface area contributed by atoms with Crippen LogP contribution in [0, 0.1) is 12.7 Å². The van der Waals surface area contributed by atoms with Gasteiger partial charge < -0.3 is 10.3 Å². The molecule has 0 fully saturated rings. The van der Waals surface area contributed by atoms with Gasteiger partial charge in [0.2, 0.25) is 0 Å². The maximum Gasteiger partial charge on any atom is 0.186 e. The van der Waals surface area contributed by atoms with Crippen LogP contribution in [-0.2, 0) is 6.42 Å². The molecular formula is C10H12FN5. The molecule has 0 radical (unpaired) electrons. The van der Waals surface area contributed by atoms with Crippen molar-refractivity contribution in [3.8, 4) is 0 Å². The lowest BCUT2D eigenvalue weighted by Gasteiger charge is -2.05. The van der Waals surface area contributed by atoms with E-state index in [4.69, 9.17) is 0 Å². The zero-order chi connectivity index (χ0) is 11.4. The smallest absolute Gasteiger partial charge is 0.186 e. The first-order valence-corrected chi connectivity index (χ1v) is 4.96. The van der Waals surface area contributed by atoms with Crippen molar-refractivity contribution in [2.75, 3.05) is 11.9 Å². The van der Waals surface area contributed by atoms with Crippen molar-refractivity contribution >= 4 is 5.82 Å². The molecule has 2 heterocycles. The molecule has 0 aliphatic rings. The molecule has 0 aliphatic heterocycles. The molecule has 0 saturated carbocycles. The number of imidazole rings is 1. The van der Waals surface area contributed by atoms with Gasteiger partial charge in [0.1, 0.15) is 12.2 Å². The zero-order valence-electron chi connectivity index (χ0n) is 8.87. The van der Waals surface area contributed by atoms with Crippen molar-refractivity contribution in [3.05, 3.63) is 36.1 Å². The SMILES string of the molecule is Cc1ncnc(NCCc2ncc[nH]2)c1F. The normalized spacial score (nSPS) is 10.4. The molecule has 0 bridgehead atoms. The number of H-pyrrole nitrogens is 1. The summed E-state index contributed by atoms with van der Waals surface area (Å²) in [4.78, 5) is 14.6. The van der Waals surface area contributed by atoms with E-state index >= 15 is 0 Å². The summed E-state index contributed by atoms with van der Waals surface area (Å²) in [7, 11) is 0. The van der Waals surface area contributed by atoms with E-state index in [-0.39, 0.29) is 5.82 Å². The highest BCUT2D eigenvalue weighted by Gasteiger charge is 2.06. The van der Waals surface area contributed by atoms with Crippen LogP contribution in [0.25, 0.3) is 0 Å². The number of hydrogen-bond acceptors (Lipinski definition) is 4. The molecule has 16 heavy (non-hydrogen) atoms. The summed E-state index contributed by atoms with van der Waals surface area (Å²) in [5.41, 5.74) is 0.343. The van der Waals surface area contributed by atoms with Crippen LogP contribution in [-0.4, -0.2) is 26.5 Å². The van der Waals surface area contributed by atoms with Crippen LogP contribution < -0.4 is 5.32 Å². The Labute approximate surface area is 92.2 Å². The molecule has 2 aromatic rings. The highest BCUT2D eigenvalue weighted by atomic mass is 19.1. The van der Waals surface area contributed by atoms with Crippen molar-refractivity contribution in [2.45, 2.75) is 13.3 Å². The number of anilines is 1. The van der Waals surface area contributed by atoms with Crippen molar-refractivity contribution in [1.29, 1.82) is 0 Å². The lowest BCUT2D eigenvalue weighted by Crippen LogP contribution is -2.10. The van der Waals surface area contributed by atoms with Crippen LogP contribution >= 0.6 is 0 Å². The third-order valence-electron chi connectivity index (χ3n) is 2.17. The number of hydrogen-bond donors (Lipinski definition) is 2. The number of nitrogens with zero attached hydrogens (tertiary/aromatic N) is 3. The monoisotopic (exact) mass is 221 g/mol. The molecule has 5 nitrogen and oxygen atoms in total. The number of aromatic nitrogens is 4.